The molecule has 0 spiro atoms. The average molecular weight is 207 g/mol. The zero-order valence-electron chi connectivity index (χ0n) is 8.45. The Morgan fingerprint density at radius 2 is 2.33 bits per heavy atom. The monoisotopic (exact) mass is 207 g/mol. The molecule has 0 saturated heterocycles. The Morgan fingerprint density at radius 3 is 3.00 bits per heavy atom. The van der Waals surface area contributed by atoms with Crippen LogP contribution in [-0.4, -0.2) is 10.2 Å². The van der Waals surface area contributed by atoms with Crippen LogP contribution in [0, 0.1) is 0 Å². The van der Waals surface area contributed by atoms with Crippen LogP contribution in [0.4, 0.5) is 5.82 Å². The van der Waals surface area contributed by atoms with Crippen LogP contribution in [0.2, 0.25) is 0 Å². The van der Waals surface area contributed by atoms with Crippen molar-refractivity contribution < 1.29 is 0 Å². The molecule has 0 radical (unpaired) electrons. The number of allylic oxidation sites excluding steroid dienone is 1. The van der Waals surface area contributed by atoms with Gasteiger partial charge in [0, 0.05) is 18.0 Å². The van der Waals surface area contributed by atoms with Gasteiger partial charge in [-0.3, -0.25) is 4.79 Å². The summed E-state index contributed by atoms with van der Waals surface area (Å²) in [4.78, 5) is 10.8. The molecule has 3 N–H and O–H groups in total. The highest BCUT2D eigenvalue weighted by atomic mass is 16.1. The Balaban J connectivity index is 2.13. The molecule has 6 heteroatoms. The van der Waals surface area contributed by atoms with E-state index in [2.05, 4.69) is 28.1 Å². The minimum Gasteiger partial charge on any atom is -0.306 e. The fraction of sp³-hybridized carbons (Fsp3) is 0.333. The summed E-state index contributed by atoms with van der Waals surface area (Å²) in [5.74, 6) is 0.646. The van der Waals surface area contributed by atoms with Gasteiger partial charge >= 0.3 is 0 Å². The summed E-state index contributed by atoms with van der Waals surface area (Å²) in [5.41, 5.74) is 6.86. The number of aromatic nitrogens is 2. The number of anilines is 1. The summed E-state index contributed by atoms with van der Waals surface area (Å²) < 4.78 is 0. The molecule has 0 unspecified atom stereocenters. The second-order valence-corrected chi connectivity index (χ2v) is 3.29. The Morgan fingerprint density at radius 1 is 1.47 bits per heavy atom. The second kappa shape index (κ2) is 4.14. The number of hydrogen-bond donors (Lipinski definition) is 3. The van der Waals surface area contributed by atoms with Gasteiger partial charge in [0.15, 0.2) is 5.82 Å². The van der Waals surface area contributed by atoms with E-state index in [0.29, 0.717) is 5.82 Å². The summed E-state index contributed by atoms with van der Waals surface area (Å²) in [6, 6.07) is 3.09. The molecule has 0 amide bonds. The second-order valence-electron chi connectivity index (χ2n) is 3.29. The van der Waals surface area contributed by atoms with Crippen LogP contribution in [0.1, 0.15) is 19.8 Å². The molecule has 1 aromatic heterocycles. The molecule has 1 aliphatic rings. The average Bonchev–Trinajstić information content (AvgIpc) is 2.68. The van der Waals surface area contributed by atoms with Gasteiger partial charge in [0.05, 0.1) is 0 Å². The van der Waals surface area contributed by atoms with Crippen molar-refractivity contribution in [2.75, 3.05) is 5.01 Å². The molecular weight excluding hydrogens is 194 g/mol. The van der Waals surface area contributed by atoms with Crippen molar-refractivity contribution in [2.24, 2.45) is 0 Å². The van der Waals surface area contributed by atoms with Crippen LogP contribution in [0.25, 0.3) is 0 Å². The maximum atomic E-state index is 10.8. The molecule has 2 heterocycles. The molecule has 15 heavy (non-hydrogen) atoms. The van der Waals surface area contributed by atoms with Crippen LogP contribution < -0.4 is 21.5 Å². The van der Waals surface area contributed by atoms with Gasteiger partial charge in [-0.05, 0) is 12.5 Å². The van der Waals surface area contributed by atoms with Gasteiger partial charge in [-0.25, -0.2) is 10.1 Å². The number of rotatable bonds is 3. The Bertz CT molecular complexity index is 404. The van der Waals surface area contributed by atoms with E-state index in [4.69, 9.17) is 0 Å². The number of nitrogens with zero attached hydrogens (tertiary/aromatic N) is 2. The molecule has 2 rings (SSSR count). The number of H-pyrrole nitrogens is 1. The van der Waals surface area contributed by atoms with E-state index in [-0.39, 0.29) is 5.56 Å². The standard InChI is InChI=1S/C9H13N5O/c1-2-3-7-6-14(13-10-7)8-4-5-9(15)12-11-8/h4-6,10,13H,2-3H2,1H3,(H,12,15). The van der Waals surface area contributed by atoms with Gasteiger partial charge in [0.25, 0.3) is 5.56 Å². The fourth-order valence-corrected chi connectivity index (χ4v) is 1.34. The third-order valence-corrected chi connectivity index (χ3v) is 2.05. The summed E-state index contributed by atoms with van der Waals surface area (Å²) in [5, 5.41) is 8.00. The van der Waals surface area contributed by atoms with Gasteiger partial charge in [0.1, 0.15) is 0 Å². The first-order valence-corrected chi connectivity index (χ1v) is 4.87. The lowest BCUT2D eigenvalue weighted by Crippen LogP contribution is -2.37. The summed E-state index contributed by atoms with van der Waals surface area (Å²) in [6.07, 6.45) is 3.98. The van der Waals surface area contributed by atoms with Gasteiger partial charge in [0.2, 0.25) is 0 Å². The van der Waals surface area contributed by atoms with Gasteiger partial charge in [-0.2, -0.15) is 5.10 Å². The first-order chi connectivity index (χ1) is 7.29. The van der Waals surface area contributed by atoms with Crippen molar-refractivity contribution in [3.8, 4) is 0 Å². The molecule has 1 aliphatic heterocycles. The van der Waals surface area contributed by atoms with Crippen molar-refractivity contribution >= 4 is 5.82 Å². The number of nitrogens with one attached hydrogen (secondary N) is 3. The molecule has 0 fully saturated rings. The van der Waals surface area contributed by atoms with Gasteiger partial charge < -0.3 is 5.43 Å². The first kappa shape index (κ1) is 9.72. The smallest absolute Gasteiger partial charge is 0.264 e. The van der Waals surface area contributed by atoms with Crippen LogP contribution >= 0.6 is 0 Å². The third-order valence-electron chi connectivity index (χ3n) is 2.05. The molecule has 80 valence electrons. The maximum Gasteiger partial charge on any atom is 0.264 e. The zero-order chi connectivity index (χ0) is 10.7. The van der Waals surface area contributed by atoms with Crippen molar-refractivity contribution in [3.63, 3.8) is 0 Å². The van der Waals surface area contributed by atoms with Gasteiger partial charge in [-0.15, -0.1) is 5.53 Å². The number of hydrogen-bond acceptors (Lipinski definition) is 5. The SMILES string of the molecule is CCCC1=CN(c2ccc(=O)[nH]n2)NN1. The highest BCUT2D eigenvalue weighted by Gasteiger charge is 2.12. The highest BCUT2D eigenvalue weighted by molar-refractivity contribution is 5.41. The molecule has 0 atom stereocenters. The van der Waals surface area contributed by atoms with E-state index in [0.717, 1.165) is 18.5 Å². The summed E-state index contributed by atoms with van der Waals surface area (Å²) >= 11 is 0. The molecule has 0 saturated carbocycles. The predicted octanol–water partition coefficient (Wildman–Crippen LogP) is 0.241. The molecule has 1 aromatic rings. The number of aromatic amines is 1. The minimum atomic E-state index is -0.205. The van der Waals surface area contributed by atoms with E-state index in [1.165, 1.54) is 6.07 Å². The fourth-order valence-electron chi connectivity index (χ4n) is 1.34. The van der Waals surface area contributed by atoms with Crippen molar-refractivity contribution in [3.05, 3.63) is 34.4 Å². The molecule has 0 aliphatic carbocycles. The van der Waals surface area contributed by atoms with E-state index in [9.17, 15) is 4.79 Å². The normalized spacial score (nSPS) is 15.0. The van der Waals surface area contributed by atoms with E-state index >= 15 is 0 Å². The van der Waals surface area contributed by atoms with E-state index < -0.39 is 0 Å². The highest BCUT2D eigenvalue weighted by Crippen LogP contribution is 2.12. The lowest BCUT2D eigenvalue weighted by atomic mass is 10.3. The zero-order valence-corrected chi connectivity index (χ0v) is 8.45. The lowest BCUT2D eigenvalue weighted by Gasteiger charge is -2.12. The van der Waals surface area contributed by atoms with Crippen LogP contribution in [0.15, 0.2) is 28.8 Å². The van der Waals surface area contributed by atoms with E-state index in [1.54, 1.807) is 11.1 Å². The van der Waals surface area contributed by atoms with Crippen LogP contribution in [0.5, 0.6) is 0 Å². The van der Waals surface area contributed by atoms with Crippen molar-refractivity contribution in [2.45, 2.75) is 19.8 Å². The predicted molar refractivity (Wildman–Crippen MR) is 56.6 cm³/mol. The summed E-state index contributed by atoms with van der Waals surface area (Å²) in [6.45, 7) is 2.11. The van der Waals surface area contributed by atoms with Crippen molar-refractivity contribution in [1.82, 2.24) is 21.2 Å². The third kappa shape index (κ3) is 2.16. The van der Waals surface area contributed by atoms with Crippen molar-refractivity contribution in [1.29, 1.82) is 0 Å². The molecule has 6 nitrogen and oxygen atoms in total. The Labute approximate surface area is 86.9 Å². The molecule has 0 aromatic carbocycles. The van der Waals surface area contributed by atoms with Gasteiger partial charge in [-0.1, -0.05) is 13.3 Å². The Hall–Kier alpha value is -1.82. The largest absolute Gasteiger partial charge is 0.306 e. The first-order valence-electron chi connectivity index (χ1n) is 4.87. The lowest BCUT2D eigenvalue weighted by molar-refractivity contribution is 0.630. The van der Waals surface area contributed by atoms with Crippen LogP contribution in [0.3, 0.4) is 0 Å². The molecular formula is C9H13N5O. The maximum absolute atomic E-state index is 10.8. The summed E-state index contributed by atoms with van der Waals surface area (Å²) in [7, 11) is 0. The minimum absolute atomic E-state index is 0.205. The van der Waals surface area contributed by atoms with E-state index in [1.807, 2.05) is 6.20 Å². The topological polar surface area (TPSA) is 73.0 Å². The molecule has 0 bridgehead atoms. The van der Waals surface area contributed by atoms with Crippen LogP contribution in [-0.2, 0) is 0 Å². The quantitative estimate of drug-likeness (QED) is 0.662. The number of hydrazine groups is 2. The Kier molecular flexibility index (Phi) is 2.68.